The molecule has 0 spiro atoms. The van der Waals surface area contributed by atoms with Crippen LogP contribution in [0.1, 0.15) is 66.4 Å². The molecule has 0 unspecified atom stereocenters. The molecule has 6 nitrogen and oxygen atoms in total. The van der Waals surface area contributed by atoms with E-state index in [0.29, 0.717) is 5.56 Å². The second-order valence-electron chi connectivity index (χ2n) is 9.96. The number of Topliss-reactive ketones (excluding diaryl/α,β-unsaturated/α-hetero) is 1. The van der Waals surface area contributed by atoms with Gasteiger partial charge < -0.3 is 14.6 Å². The van der Waals surface area contributed by atoms with Gasteiger partial charge in [0.05, 0.1) is 11.5 Å². The SMILES string of the molecule is CC(C)(C)OC(=O)[C@H]1C(=O)C[C@@](C)(O)[C@@H](C(=O)OC(C)(C)C)[C@@H]1c1ccccc1. The molecule has 0 aromatic heterocycles. The summed E-state index contributed by atoms with van der Waals surface area (Å²) in [7, 11) is 0. The molecule has 1 aromatic carbocycles. The molecule has 1 N–H and O–H groups in total. The minimum Gasteiger partial charge on any atom is -0.460 e. The Labute approximate surface area is 172 Å². The maximum atomic E-state index is 13.1. The van der Waals surface area contributed by atoms with Gasteiger partial charge in [-0.05, 0) is 54.0 Å². The number of hydrogen-bond acceptors (Lipinski definition) is 6. The summed E-state index contributed by atoms with van der Waals surface area (Å²) >= 11 is 0. The molecule has 0 amide bonds. The molecule has 1 aliphatic carbocycles. The molecule has 0 radical (unpaired) electrons. The molecule has 0 heterocycles. The zero-order valence-electron chi connectivity index (χ0n) is 18.3. The minimum absolute atomic E-state index is 0.329. The molecular weight excluding hydrogens is 372 g/mol. The van der Waals surface area contributed by atoms with Gasteiger partial charge in [-0.3, -0.25) is 14.4 Å². The lowest BCUT2D eigenvalue weighted by Crippen LogP contribution is -2.56. The number of carbonyl (C=O) groups excluding carboxylic acids is 3. The van der Waals surface area contributed by atoms with Crippen molar-refractivity contribution < 1.29 is 29.0 Å². The van der Waals surface area contributed by atoms with E-state index in [4.69, 9.17) is 9.47 Å². The van der Waals surface area contributed by atoms with Crippen molar-refractivity contribution in [2.45, 2.75) is 77.6 Å². The third-order valence-corrected chi connectivity index (χ3v) is 4.77. The quantitative estimate of drug-likeness (QED) is 0.613. The standard InChI is InChI=1S/C23H32O6/c1-21(2,3)28-19(25)17-15(24)13-23(7,27)18(20(26)29-22(4,5)6)16(17)14-11-9-8-10-12-14/h8-12,16-18,27H,13H2,1-7H3/t16-,17+,18-,23-/m1/s1. The average Bonchev–Trinajstić information content (AvgIpc) is 2.50. The van der Waals surface area contributed by atoms with Gasteiger partial charge in [-0.25, -0.2) is 0 Å². The highest BCUT2D eigenvalue weighted by Crippen LogP contribution is 2.47. The van der Waals surface area contributed by atoms with Crippen LogP contribution in [0.3, 0.4) is 0 Å². The van der Waals surface area contributed by atoms with Gasteiger partial charge in [-0.1, -0.05) is 30.3 Å². The summed E-state index contributed by atoms with van der Waals surface area (Å²) in [6.07, 6.45) is -0.329. The van der Waals surface area contributed by atoms with Gasteiger partial charge in [0, 0.05) is 12.3 Å². The highest BCUT2D eigenvalue weighted by atomic mass is 16.6. The zero-order chi connectivity index (χ0) is 22.2. The highest BCUT2D eigenvalue weighted by molar-refractivity contribution is 6.03. The lowest BCUT2D eigenvalue weighted by molar-refractivity contribution is -0.182. The normalized spacial score (nSPS) is 28.0. The summed E-state index contributed by atoms with van der Waals surface area (Å²) < 4.78 is 11.1. The first-order valence-electron chi connectivity index (χ1n) is 9.88. The number of carbonyl (C=O) groups is 3. The largest absolute Gasteiger partial charge is 0.460 e. The summed E-state index contributed by atoms with van der Waals surface area (Å²) in [6, 6.07) is 8.82. The van der Waals surface area contributed by atoms with E-state index in [1.165, 1.54) is 6.92 Å². The predicted molar refractivity (Wildman–Crippen MR) is 108 cm³/mol. The van der Waals surface area contributed by atoms with Crippen molar-refractivity contribution in [2.24, 2.45) is 11.8 Å². The first-order chi connectivity index (χ1) is 13.1. The number of esters is 2. The second kappa shape index (κ2) is 7.90. The minimum atomic E-state index is -1.65. The van der Waals surface area contributed by atoms with Gasteiger partial charge in [0.25, 0.3) is 0 Å². The van der Waals surface area contributed by atoms with Crippen LogP contribution in [0.15, 0.2) is 30.3 Å². The first kappa shape index (κ1) is 23.1. The number of ketones is 1. The highest BCUT2D eigenvalue weighted by Gasteiger charge is 2.57. The van der Waals surface area contributed by atoms with Crippen molar-refractivity contribution in [1.29, 1.82) is 0 Å². The lowest BCUT2D eigenvalue weighted by atomic mass is 9.61. The van der Waals surface area contributed by atoms with E-state index in [1.54, 1.807) is 71.9 Å². The Balaban J connectivity index is 2.59. The second-order valence-corrected chi connectivity index (χ2v) is 9.96. The monoisotopic (exact) mass is 404 g/mol. The number of ether oxygens (including phenoxy) is 2. The van der Waals surface area contributed by atoms with Crippen molar-refractivity contribution in [3.8, 4) is 0 Å². The van der Waals surface area contributed by atoms with Gasteiger partial charge in [0.1, 0.15) is 17.1 Å². The molecule has 1 aromatic rings. The van der Waals surface area contributed by atoms with Crippen molar-refractivity contribution in [3.05, 3.63) is 35.9 Å². The Hall–Kier alpha value is -2.21. The van der Waals surface area contributed by atoms with E-state index in [9.17, 15) is 19.5 Å². The van der Waals surface area contributed by atoms with Gasteiger partial charge in [0.15, 0.2) is 5.78 Å². The summed E-state index contributed by atoms with van der Waals surface area (Å²) in [4.78, 5) is 39.1. The summed E-state index contributed by atoms with van der Waals surface area (Å²) in [6.45, 7) is 11.8. The predicted octanol–water partition coefficient (Wildman–Crippen LogP) is 3.41. The third-order valence-electron chi connectivity index (χ3n) is 4.77. The summed E-state index contributed by atoms with van der Waals surface area (Å²) in [5.74, 6) is -4.97. The Morgan fingerprint density at radius 2 is 1.45 bits per heavy atom. The molecule has 2 rings (SSSR count). The van der Waals surface area contributed by atoms with Crippen LogP contribution in [0.5, 0.6) is 0 Å². The molecule has 1 saturated carbocycles. The Bertz CT molecular complexity index is 767. The van der Waals surface area contributed by atoms with Crippen LogP contribution in [0.4, 0.5) is 0 Å². The fourth-order valence-electron chi connectivity index (χ4n) is 3.82. The van der Waals surface area contributed by atoms with Crippen molar-refractivity contribution >= 4 is 17.7 Å². The van der Waals surface area contributed by atoms with E-state index in [2.05, 4.69) is 0 Å². The lowest BCUT2D eigenvalue weighted by Gasteiger charge is -2.44. The van der Waals surface area contributed by atoms with Crippen molar-refractivity contribution in [1.82, 2.24) is 0 Å². The molecule has 4 atom stereocenters. The van der Waals surface area contributed by atoms with E-state index >= 15 is 0 Å². The summed E-state index contributed by atoms with van der Waals surface area (Å²) in [5, 5.41) is 11.1. The van der Waals surface area contributed by atoms with Gasteiger partial charge in [-0.2, -0.15) is 0 Å². The molecule has 0 bridgehead atoms. The number of rotatable bonds is 3. The van der Waals surface area contributed by atoms with Gasteiger partial charge in [-0.15, -0.1) is 0 Å². The van der Waals surface area contributed by atoms with Crippen molar-refractivity contribution in [2.75, 3.05) is 0 Å². The smallest absolute Gasteiger partial charge is 0.317 e. The van der Waals surface area contributed by atoms with Crippen LogP contribution < -0.4 is 0 Å². The Morgan fingerprint density at radius 3 is 1.93 bits per heavy atom. The van der Waals surface area contributed by atoms with E-state index in [-0.39, 0.29) is 6.42 Å². The Morgan fingerprint density at radius 1 is 0.966 bits per heavy atom. The molecular formula is C23H32O6. The van der Waals surface area contributed by atoms with Crippen LogP contribution in [-0.4, -0.2) is 39.6 Å². The number of hydrogen-bond donors (Lipinski definition) is 1. The van der Waals surface area contributed by atoms with Crippen LogP contribution >= 0.6 is 0 Å². The molecule has 1 aliphatic rings. The first-order valence-corrected chi connectivity index (χ1v) is 9.88. The summed E-state index contributed by atoms with van der Waals surface area (Å²) in [5.41, 5.74) is -2.62. The molecule has 29 heavy (non-hydrogen) atoms. The zero-order valence-corrected chi connectivity index (χ0v) is 18.3. The van der Waals surface area contributed by atoms with Crippen LogP contribution in [0, 0.1) is 11.8 Å². The molecule has 6 heteroatoms. The molecule has 1 fully saturated rings. The van der Waals surface area contributed by atoms with E-state index in [0.717, 1.165) is 0 Å². The van der Waals surface area contributed by atoms with Crippen LogP contribution in [0.2, 0.25) is 0 Å². The van der Waals surface area contributed by atoms with Gasteiger partial charge in [0.2, 0.25) is 0 Å². The van der Waals surface area contributed by atoms with E-state index in [1.807, 2.05) is 0 Å². The third kappa shape index (κ3) is 5.66. The number of aliphatic hydroxyl groups is 1. The van der Waals surface area contributed by atoms with Crippen LogP contribution in [0.25, 0.3) is 0 Å². The molecule has 160 valence electrons. The fraction of sp³-hybridized carbons (Fsp3) is 0.609. The van der Waals surface area contributed by atoms with Crippen molar-refractivity contribution in [3.63, 3.8) is 0 Å². The topological polar surface area (TPSA) is 89.9 Å². The maximum absolute atomic E-state index is 13.1. The number of benzene rings is 1. The van der Waals surface area contributed by atoms with Crippen LogP contribution in [-0.2, 0) is 23.9 Å². The van der Waals surface area contributed by atoms with E-state index < -0.39 is 52.3 Å². The van der Waals surface area contributed by atoms with Gasteiger partial charge >= 0.3 is 11.9 Å². The average molecular weight is 405 g/mol. The maximum Gasteiger partial charge on any atom is 0.317 e. The Kier molecular flexibility index (Phi) is 6.29. The molecule has 0 saturated heterocycles. The fourth-order valence-corrected chi connectivity index (χ4v) is 3.82. The molecule has 0 aliphatic heterocycles.